The number of nitriles is 1. The number of benzene rings is 1. The third-order valence-corrected chi connectivity index (χ3v) is 5.18. The van der Waals surface area contributed by atoms with Crippen molar-refractivity contribution < 1.29 is 14.6 Å². The summed E-state index contributed by atoms with van der Waals surface area (Å²) in [6, 6.07) is 14.1. The lowest BCUT2D eigenvalue weighted by atomic mass is 9.90. The van der Waals surface area contributed by atoms with E-state index in [4.69, 9.17) is 4.74 Å². The Bertz CT molecular complexity index is 854. The van der Waals surface area contributed by atoms with Gasteiger partial charge in [0.05, 0.1) is 42.4 Å². The molecule has 1 aromatic carbocycles. The second-order valence-electron chi connectivity index (χ2n) is 8.54. The van der Waals surface area contributed by atoms with Gasteiger partial charge >= 0.3 is 0 Å². The van der Waals surface area contributed by atoms with Crippen LogP contribution in [0.2, 0.25) is 0 Å². The van der Waals surface area contributed by atoms with E-state index in [2.05, 4.69) is 30.2 Å². The van der Waals surface area contributed by atoms with Gasteiger partial charge in [0.2, 0.25) is 5.91 Å². The number of aromatic nitrogens is 1. The molecule has 2 aromatic rings. The maximum atomic E-state index is 13.0. The van der Waals surface area contributed by atoms with Crippen LogP contribution in [0, 0.1) is 17.2 Å². The number of hydrogen-bond donors (Lipinski definition) is 2. The molecule has 0 saturated carbocycles. The molecule has 0 radical (unpaired) electrons. The molecule has 1 amide bonds. The molecule has 0 aliphatic rings. The molecule has 2 rings (SSSR count). The van der Waals surface area contributed by atoms with Gasteiger partial charge in [-0.2, -0.15) is 5.26 Å². The van der Waals surface area contributed by atoms with E-state index < -0.39 is 17.6 Å². The molecule has 0 spiro atoms. The molecule has 2 N–H and O–H groups in total. The molecule has 166 valence electrons. The second-order valence-corrected chi connectivity index (χ2v) is 8.54. The molecule has 0 aliphatic heterocycles. The highest BCUT2D eigenvalue weighted by Gasteiger charge is 2.33. The number of pyridine rings is 1. The molecule has 1 heterocycles. The van der Waals surface area contributed by atoms with Gasteiger partial charge in [-0.05, 0) is 56.0 Å². The highest BCUT2D eigenvalue weighted by molar-refractivity contribution is 5.84. The summed E-state index contributed by atoms with van der Waals surface area (Å²) in [4.78, 5) is 17.3. The van der Waals surface area contributed by atoms with Crippen LogP contribution in [0.1, 0.15) is 70.2 Å². The molecular formula is C25H33N3O3. The quantitative estimate of drug-likeness (QED) is 0.554. The third kappa shape index (κ3) is 7.37. The Morgan fingerprint density at radius 2 is 1.97 bits per heavy atom. The number of hydrogen-bond acceptors (Lipinski definition) is 5. The smallest absolute Gasteiger partial charge is 0.230 e. The van der Waals surface area contributed by atoms with E-state index in [0.717, 1.165) is 24.2 Å². The number of aliphatic hydroxyl groups is 1. The van der Waals surface area contributed by atoms with E-state index in [1.54, 1.807) is 38.2 Å². The van der Waals surface area contributed by atoms with E-state index in [9.17, 15) is 15.2 Å². The fourth-order valence-corrected chi connectivity index (χ4v) is 3.49. The van der Waals surface area contributed by atoms with Crippen molar-refractivity contribution in [3.63, 3.8) is 0 Å². The first-order chi connectivity index (χ1) is 14.8. The average Bonchev–Trinajstić information content (AvgIpc) is 2.74. The lowest BCUT2D eigenvalue weighted by Crippen LogP contribution is -2.44. The van der Waals surface area contributed by atoms with Crippen LogP contribution in [-0.4, -0.2) is 28.2 Å². The van der Waals surface area contributed by atoms with Crippen LogP contribution in [0.15, 0.2) is 48.7 Å². The van der Waals surface area contributed by atoms with Crippen LogP contribution >= 0.6 is 0 Å². The lowest BCUT2D eigenvalue weighted by Gasteiger charge is -2.32. The van der Waals surface area contributed by atoms with E-state index >= 15 is 0 Å². The van der Waals surface area contributed by atoms with Crippen LogP contribution in [-0.2, 0) is 4.79 Å². The predicted molar refractivity (Wildman–Crippen MR) is 120 cm³/mol. The van der Waals surface area contributed by atoms with Gasteiger partial charge in [-0.3, -0.25) is 9.78 Å². The molecule has 1 unspecified atom stereocenters. The molecular weight excluding hydrogens is 390 g/mol. The highest BCUT2D eigenvalue weighted by atomic mass is 16.5. The van der Waals surface area contributed by atoms with E-state index in [-0.39, 0.29) is 12.3 Å². The Morgan fingerprint density at radius 3 is 2.52 bits per heavy atom. The minimum Gasteiger partial charge on any atom is -0.493 e. The summed E-state index contributed by atoms with van der Waals surface area (Å²) in [6.07, 6.45) is 3.84. The summed E-state index contributed by atoms with van der Waals surface area (Å²) in [6.45, 7) is 8.27. The first-order valence-electron chi connectivity index (χ1n) is 10.8. The van der Waals surface area contributed by atoms with Crippen molar-refractivity contribution in [2.45, 2.75) is 64.5 Å². The van der Waals surface area contributed by atoms with Crippen molar-refractivity contribution in [1.29, 1.82) is 5.26 Å². The fourth-order valence-electron chi connectivity index (χ4n) is 3.49. The van der Waals surface area contributed by atoms with Gasteiger partial charge in [0, 0.05) is 6.20 Å². The SMILES string of the molecule is CCCC(C)COc1ccc([C@@H](NC(=O)[C@H](CC#N)c2ccccn2)C(C)(C)O)cc1. The van der Waals surface area contributed by atoms with Crippen LogP contribution in [0.3, 0.4) is 0 Å². The number of carbonyl (C=O) groups excluding carboxylic acids is 1. The molecule has 3 atom stereocenters. The van der Waals surface area contributed by atoms with Gasteiger partial charge in [-0.1, -0.05) is 38.5 Å². The normalized spacial score (nSPS) is 14.2. The van der Waals surface area contributed by atoms with Gasteiger partial charge in [-0.15, -0.1) is 0 Å². The fraction of sp³-hybridized carbons (Fsp3) is 0.480. The summed E-state index contributed by atoms with van der Waals surface area (Å²) in [7, 11) is 0. The second kappa shape index (κ2) is 11.5. The van der Waals surface area contributed by atoms with Gasteiger partial charge in [-0.25, -0.2) is 0 Å². The zero-order valence-corrected chi connectivity index (χ0v) is 18.8. The zero-order valence-electron chi connectivity index (χ0n) is 18.8. The number of nitrogens with one attached hydrogen (secondary N) is 1. The summed E-state index contributed by atoms with van der Waals surface area (Å²) in [5, 5.41) is 22.9. The third-order valence-electron chi connectivity index (χ3n) is 5.18. The molecule has 6 nitrogen and oxygen atoms in total. The summed E-state index contributed by atoms with van der Waals surface area (Å²) in [5.41, 5.74) is 0.0714. The Hall–Kier alpha value is -2.91. The number of amides is 1. The zero-order chi connectivity index (χ0) is 22.9. The standard InChI is InChI=1S/C25H33N3O3/c1-5-8-18(2)17-31-20-12-10-19(11-13-20)23(25(3,4)30)28-24(29)21(14-15-26)22-9-6-7-16-27-22/h6-7,9-13,16,18,21,23,30H,5,8,14,17H2,1-4H3,(H,28,29)/t18?,21-,23-/m1/s1. The first kappa shape index (κ1) is 24.4. The lowest BCUT2D eigenvalue weighted by molar-refractivity contribution is -0.125. The van der Waals surface area contributed by atoms with Crippen LogP contribution in [0.4, 0.5) is 0 Å². The Kier molecular flexibility index (Phi) is 9.02. The summed E-state index contributed by atoms with van der Waals surface area (Å²) in [5.74, 6) is 0.180. The van der Waals surface area contributed by atoms with E-state index in [1.165, 1.54) is 0 Å². The van der Waals surface area contributed by atoms with Gasteiger partial charge in [0.25, 0.3) is 0 Å². The number of rotatable bonds is 11. The molecule has 31 heavy (non-hydrogen) atoms. The van der Waals surface area contributed by atoms with Crippen LogP contribution in [0.5, 0.6) is 5.75 Å². The molecule has 1 aromatic heterocycles. The predicted octanol–water partition coefficient (Wildman–Crippen LogP) is 4.52. The number of carbonyl (C=O) groups is 1. The number of ether oxygens (including phenoxy) is 1. The molecule has 0 bridgehead atoms. The van der Waals surface area contributed by atoms with Gasteiger partial charge < -0.3 is 15.2 Å². The monoisotopic (exact) mass is 423 g/mol. The van der Waals surface area contributed by atoms with Gasteiger partial charge in [0.1, 0.15) is 5.75 Å². The minimum absolute atomic E-state index is 0.00411. The topological polar surface area (TPSA) is 95.2 Å². The summed E-state index contributed by atoms with van der Waals surface area (Å²) < 4.78 is 5.86. The van der Waals surface area contributed by atoms with Crippen molar-refractivity contribution in [3.05, 3.63) is 59.9 Å². The summed E-state index contributed by atoms with van der Waals surface area (Å²) >= 11 is 0. The molecule has 0 saturated heterocycles. The van der Waals surface area contributed by atoms with E-state index in [1.807, 2.05) is 24.3 Å². The Labute approximate surface area is 185 Å². The number of nitrogens with zero attached hydrogens (tertiary/aromatic N) is 2. The van der Waals surface area contributed by atoms with Crippen molar-refractivity contribution >= 4 is 5.91 Å². The maximum Gasteiger partial charge on any atom is 0.230 e. The van der Waals surface area contributed by atoms with E-state index in [0.29, 0.717) is 18.2 Å². The first-order valence-corrected chi connectivity index (χ1v) is 10.8. The van der Waals surface area contributed by atoms with Crippen molar-refractivity contribution in [1.82, 2.24) is 10.3 Å². The average molecular weight is 424 g/mol. The van der Waals surface area contributed by atoms with Crippen LogP contribution in [0.25, 0.3) is 0 Å². The van der Waals surface area contributed by atoms with Gasteiger partial charge in [0.15, 0.2) is 0 Å². The molecule has 6 heteroatoms. The molecule has 0 aliphatic carbocycles. The van der Waals surface area contributed by atoms with Crippen LogP contribution < -0.4 is 10.1 Å². The molecule has 0 fully saturated rings. The Balaban J connectivity index is 2.16. The van der Waals surface area contributed by atoms with Crippen molar-refractivity contribution in [2.75, 3.05) is 6.61 Å². The Morgan fingerprint density at radius 1 is 1.26 bits per heavy atom. The minimum atomic E-state index is -1.21. The largest absolute Gasteiger partial charge is 0.493 e. The highest BCUT2D eigenvalue weighted by Crippen LogP contribution is 2.29. The van der Waals surface area contributed by atoms with Crippen molar-refractivity contribution in [2.24, 2.45) is 5.92 Å². The van der Waals surface area contributed by atoms with Crippen molar-refractivity contribution in [3.8, 4) is 11.8 Å². The maximum absolute atomic E-state index is 13.0.